The molecule has 0 saturated carbocycles. The summed E-state index contributed by atoms with van der Waals surface area (Å²) in [6.07, 6.45) is 9.79. The number of hydrogen-bond donors (Lipinski definition) is 0. The monoisotopic (exact) mass is 900 g/mol. The molecule has 0 radical (unpaired) electrons. The van der Waals surface area contributed by atoms with Gasteiger partial charge < -0.3 is 27.8 Å². The fourth-order valence-electron chi connectivity index (χ4n) is 12.3. The Hall–Kier alpha value is -9.00. The third-order valence-corrected chi connectivity index (χ3v) is 15.3. The van der Waals surface area contributed by atoms with Gasteiger partial charge in [0, 0.05) is 48.8 Å². The Kier molecular flexibility index (Phi) is 7.75. The number of anilines is 4. The van der Waals surface area contributed by atoms with E-state index in [0.29, 0.717) is 0 Å². The van der Waals surface area contributed by atoms with Crippen molar-refractivity contribution < 1.29 is 18.0 Å². The van der Waals surface area contributed by atoms with E-state index in [1.807, 2.05) is 12.1 Å². The molecule has 0 amide bonds. The molecule has 0 spiro atoms. The maximum absolute atomic E-state index is 6.98. The van der Waals surface area contributed by atoms with Crippen molar-refractivity contribution in [3.8, 4) is 5.75 Å². The van der Waals surface area contributed by atoms with Crippen LogP contribution in [-0.2, 0) is 0 Å². The van der Waals surface area contributed by atoms with Crippen molar-refractivity contribution in [2.45, 2.75) is 24.6 Å². The highest BCUT2D eigenvalue weighted by atomic mass is 16.5. The van der Waals surface area contributed by atoms with Gasteiger partial charge >= 0.3 is 0 Å². The quantitative estimate of drug-likeness (QED) is 0.166. The van der Waals surface area contributed by atoms with Gasteiger partial charge in [-0.15, -0.1) is 0 Å². The summed E-state index contributed by atoms with van der Waals surface area (Å²) < 4.78 is 27.6. The zero-order chi connectivity index (χ0) is 45.6. The molecule has 6 heteroatoms. The van der Waals surface area contributed by atoms with Crippen LogP contribution >= 0.6 is 0 Å². The average Bonchev–Trinajstić information content (AvgIpc) is 4.20. The van der Waals surface area contributed by atoms with Gasteiger partial charge in [0.05, 0.1) is 34.8 Å². The van der Waals surface area contributed by atoms with Crippen LogP contribution in [0.15, 0.2) is 220 Å². The minimum absolute atomic E-state index is 0.0732. The Morgan fingerprint density at radius 3 is 1.69 bits per heavy atom. The van der Waals surface area contributed by atoms with Crippen molar-refractivity contribution in [3.63, 3.8) is 0 Å². The molecular weight excluding hydrogens is 861 g/mol. The first-order chi connectivity index (χ1) is 34.7. The highest BCUT2D eigenvalue weighted by Crippen LogP contribution is 2.52. The number of furan rings is 3. The molecule has 6 nitrogen and oxygen atoms in total. The summed E-state index contributed by atoms with van der Waals surface area (Å²) in [6, 6.07) is 66.7. The molecule has 3 aliphatic rings. The van der Waals surface area contributed by atoms with Crippen molar-refractivity contribution in [1.29, 1.82) is 0 Å². The summed E-state index contributed by atoms with van der Waals surface area (Å²) >= 11 is 0. The Morgan fingerprint density at radius 1 is 0.443 bits per heavy atom. The van der Waals surface area contributed by atoms with Gasteiger partial charge in [0.15, 0.2) is 16.7 Å². The Balaban J connectivity index is 0.943. The first-order valence-electron chi connectivity index (χ1n) is 24.2. The molecular formula is C64H40N2O4. The maximum atomic E-state index is 6.98. The minimum atomic E-state index is -0.221. The van der Waals surface area contributed by atoms with E-state index < -0.39 is 0 Å². The summed E-state index contributed by atoms with van der Waals surface area (Å²) in [5, 5.41) is 12.5. The average molecular weight is 901 g/mol. The molecule has 10 aromatic carbocycles. The van der Waals surface area contributed by atoms with Crippen LogP contribution < -0.4 is 19.8 Å². The molecule has 1 aliphatic heterocycles. The van der Waals surface area contributed by atoms with Crippen LogP contribution in [-0.4, -0.2) is 12.1 Å². The summed E-state index contributed by atoms with van der Waals surface area (Å²) in [4.78, 5) is 4.97. The predicted octanol–water partition coefficient (Wildman–Crippen LogP) is 16.4. The van der Waals surface area contributed by atoms with Crippen molar-refractivity contribution in [3.05, 3.63) is 223 Å². The van der Waals surface area contributed by atoms with E-state index in [0.717, 1.165) is 112 Å². The second kappa shape index (κ2) is 14.3. The fraction of sp³-hybridized carbons (Fsp3) is 0.0625. The second-order valence-corrected chi connectivity index (χ2v) is 18.9. The van der Waals surface area contributed by atoms with Crippen molar-refractivity contribution in [2.75, 3.05) is 9.80 Å². The topological polar surface area (TPSA) is 55.1 Å². The largest absolute Gasteiger partial charge is 0.483 e. The van der Waals surface area contributed by atoms with Crippen LogP contribution in [0.5, 0.6) is 5.75 Å². The molecule has 70 heavy (non-hydrogen) atoms. The van der Waals surface area contributed by atoms with Crippen LogP contribution in [0.2, 0.25) is 0 Å². The standard InChI is InChI=1S/C64H40N2O4/c1-5-25-55-39(13-1)43-17-9-21-51(61(43)67-55)65(52-22-10-18-44-40-14-2-6-26-56(40)68-62(44)52)49-35-31-37-30-34-48-50(36-32-38-29-33-47(49)59(37)60(38)48)66(53-23-11-19-45-41-15-3-7-27-57(41)69-63(45)53)54-24-12-20-46-42-16-4-8-28-58(42)70-64(46)54/h1-35,50,53,63H,36H2. The van der Waals surface area contributed by atoms with Crippen molar-refractivity contribution in [2.24, 2.45) is 0 Å². The predicted molar refractivity (Wildman–Crippen MR) is 286 cm³/mol. The summed E-state index contributed by atoms with van der Waals surface area (Å²) in [7, 11) is 0. The number of rotatable bonds is 6. The maximum Gasteiger partial charge on any atom is 0.159 e. The molecule has 4 heterocycles. The van der Waals surface area contributed by atoms with E-state index in [9.17, 15) is 0 Å². The molecule has 3 atom stereocenters. The highest BCUT2D eigenvalue weighted by Gasteiger charge is 2.42. The molecule has 16 rings (SSSR count). The lowest BCUT2D eigenvalue weighted by molar-refractivity contribution is 0.247. The number of allylic oxidation sites excluding steroid dienone is 2. The molecule has 3 aromatic heterocycles. The lowest BCUT2D eigenvalue weighted by Gasteiger charge is -2.43. The molecule has 330 valence electrons. The normalized spacial score (nSPS) is 17.2. The van der Waals surface area contributed by atoms with Gasteiger partial charge in [-0.3, -0.25) is 0 Å². The molecule has 0 saturated heterocycles. The Morgan fingerprint density at radius 2 is 1.01 bits per heavy atom. The van der Waals surface area contributed by atoms with Crippen LogP contribution in [0.3, 0.4) is 0 Å². The fourth-order valence-corrected chi connectivity index (χ4v) is 12.3. The zero-order valence-electron chi connectivity index (χ0n) is 37.7. The van der Waals surface area contributed by atoms with E-state index in [1.54, 1.807) is 0 Å². The first-order valence-corrected chi connectivity index (χ1v) is 24.2. The van der Waals surface area contributed by atoms with Gasteiger partial charge in [-0.05, 0) is 81.9 Å². The van der Waals surface area contributed by atoms with E-state index in [1.165, 1.54) is 32.5 Å². The molecule has 0 fully saturated rings. The Bertz CT molecular complexity index is 4380. The van der Waals surface area contributed by atoms with E-state index in [-0.39, 0.29) is 18.2 Å². The SMILES string of the molecule is C1=CC(N(c2cccc3c2oc2ccccc23)C2CC=c3ccc4c(N(c5cccc6c5oc5ccccc56)c5cccc6c5oc5ccccc56)ccc5ccc2c3c54)C2Oc3ccccc3C2=C1. The summed E-state index contributed by atoms with van der Waals surface area (Å²) in [5.41, 5.74) is 12.7. The number of ether oxygens (including phenoxy) is 1. The molecule has 2 aliphatic carbocycles. The van der Waals surface area contributed by atoms with Crippen LogP contribution in [0.1, 0.15) is 23.6 Å². The van der Waals surface area contributed by atoms with Crippen LogP contribution in [0.25, 0.3) is 99.0 Å². The number of para-hydroxylation sites is 7. The Labute approximate surface area is 400 Å². The molecule has 13 aromatic rings. The van der Waals surface area contributed by atoms with Crippen molar-refractivity contribution in [1.82, 2.24) is 0 Å². The van der Waals surface area contributed by atoms with Gasteiger partial charge in [-0.25, -0.2) is 0 Å². The van der Waals surface area contributed by atoms with Crippen molar-refractivity contribution >= 4 is 122 Å². The highest BCUT2D eigenvalue weighted by molar-refractivity contribution is 6.20. The summed E-state index contributed by atoms with van der Waals surface area (Å²) in [6.45, 7) is 0. The lowest BCUT2D eigenvalue weighted by Crippen LogP contribution is -2.47. The number of nitrogens with zero attached hydrogens (tertiary/aromatic N) is 2. The van der Waals surface area contributed by atoms with Gasteiger partial charge in [0.25, 0.3) is 0 Å². The molecule has 0 N–H and O–H groups in total. The van der Waals surface area contributed by atoms with Crippen LogP contribution in [0, 0.1) is 0 Å². The second-order valence-electron chi connectivity index (χ2n) is 18.9. The van der Waals surface area contributed by atoms with E-state index >= 15 is 0 Å². The van der Waals surface area contributed by atoms with Gasteiger partial charge in [0.1, 0.15) is 28.6 Å². The number of benzene rings is 10. The molecule has 0 bridgehead atoms. The number of fused-ring (bicyclic) bond motifs is 12. The van der Waals surface area contributed by atoms with Gasteiger partial charge in [-0.1, -0.05) is 164 Å². The smallest absolute Gasteiger partial charge is 0.159 e. The third-order valence-electron chi connectivity index (χ3n) is 15.3. The van der Waals surface area contributed by atoms with E-state index in [4.69, 9.17) is 18.0 Å². The van der Waals surface area contributed by atoms with E-state index in [2.05, 4.69) is 210 Å². The summed E-state index contributed by atoms with van der Waals surface area (Å²) in [5.74, 6) is 0.921. The minimum Gasteiger partial charge on any atom is -0.483 e. The lowest BCUT2D eigenvalue weighted by atomic mass is 9.84. The zero-order valence-corrected chi connectivity index (χ0v) is 37.7. The molecule has 3 unspecified atom stereocenters. The number of hydrogen-bond acceptors (Lipinski definition) is 6. The first kappa shape index (κ1) is 38.0. The third kappa shape index (κ3) is 5.22. The van der Waals surface area contributed by atoms with Gasteiger partial charge in [0.2, 0.25) is 0 Å². The van der Waals surface area contributed by atoms with Gasteiger partial charge in [-0.2, -0.15) is 0 Å². The van der Waals surface area contributed by atoms with Crippen LogP contribution in [0.4, 0.5) is 22.7 Å².